The van der Waals surface area contributed by atoms with E-state index in [1.807, 2.05) is 60.1 Å². The summed E-state index contributed by atoms with van der Waals surface area (Å²) in [5.74, 6) is 1.12. The Morgan fingerprint density at radius 1 is 0.449 bits per heavy atom. The van der Waals surface area contributed by atoms with Crippen molar-refractivity contribution in [2.24, 2.45) is 7.05 Å². The molecule has 0 spiro atoms. The van der Waals surface area contributed by atoms with Crippen LogP contribution >= 0.6 is 92.8 Å². The molecule has 9 rings (SSSR count). The van der Waals surface area contributed by atoms with Crippen molar-refractivity contribution in [2.75, 3.05) is 0 Å². The number of aromatic amines is 1. The first-order valence-electron chi connectivity index (χ1n) is 14.2. The van der Waals surface area contributed by atoms with Crippen molar-refractivity contribution in [1.29, 1.82) is 0 Å². The van der Waals surface area contributed by atoms with Gasteiger partial charge >= 0.3 is 0 Å². The minimum absolute atomic E-state index is 0.0280. The van der Waals surface area contributed by atoms with Gasteiger partial charge in [-0.1, -0.05) is 141 Å². The quantitative estimate of drug-likeness (QED) is 0.121. The van der Waals surface area contributed by atoms with Crippen LogP contribution in [0.25, 0.3) is 89.7 Å². The summed E-state index contributed by atoms with van der Waals surface area (Å²) in [4.78, 5) is 32.9. The Bertz CT molecular complexity index is 2850. The van der Waals surface area contributed by atoms with E-state index in [-0.39, 0.29) is 63.1 Å². The minimum Gasteiger partial charge on any atom is -0.324 e. The Kier molecular flexibility index (Phi) is 7.26. The SMILES string of the molecule is Cn1c2nc3nc(nc4[nH]c(nc5nc(nc1c1ccccc12)-c1c(Cl)c(Cl)c(Cl)c(Cl)c1-5)c1c(Cl)c(Cl)c(Cl)c(Cl)c41)-c1ccccc1-3. The lowest BCUT2D eigenvalue weighted by molar-refractivity contribution is 0.967. The number of H-pyrrole nitrogens is 1. The van der Waals surface area contributed by atoms with Crippen molar-refractivity contribution in [3.8, 4) is 45.6 Å². The summed E-state index contributed by atoms with van der Waals surface area (Å²) in [6.45, 7) is 0. The normalized spacial score (nSPS) is 12.2. The van der Waals surface area contributed by atoms with E-state index in [2.05, 4.69) is 4.98 Å². The molecule has 240 valence electrons. The Hall–Kier alpha value is -3.44. The third-order valence-electron chi connectivity index (χ3n) is 8.43. The molecule has 7 aromatic rings. The predicted octanol–water partition coefficient (Wildman–Crippen LogP) is 12.1. The third kappa shape index (κ3) is 4.46. The van der Waals surface area contributed by atoms with Crippen LogP contribution in [-0.2, 0) is 7.05 Å². The van der Waals surface area contributed by atoms with Crippen LogP contribution in [0.15, 0.2) is 48.5 Å². The molecule has 3 aromatic heterocycles. The Morgan fingerprint density at radius 2 is 0.837 bits per heavy atom. The Morgan fingerprint density at radius 3 is 1.37 bits per heavy atom. The van der Waals surface area contributed by atoms with Crippen LogP contribution in [0.2, 0.25) is 40.2 Å². The van der Waals surface area contributed by atoms with Crippen molar-refractivity contribution in [3.63, 3.8) is 0 Å². The minimum atomic E-state index is 0.0280. The molecular formula is C33H12Cl8N8. The van der Waals surface area contributed by atoms with Crippen LogP contribution in [0, 0.1) is 0 Å². The number of halogens is 8. The molecule has 5 heterocycles. The van der Waals surface area contributed by atoms with Crippen LogP contribution in [0.1, 0.15) is 0 Å². The molecule has 0 aliphatic carbocycles. The number of aromatic nitrogens is 8. The molecule has 0 saturated carbocycles. The predicted molar refractivity (Wildman–Crippen MR) is 201 cm³/mol. The first kappa shape index (κ1) is 31.5. The molecule has 2 aliphatic heterocycles. The molecule has 0 atom stereocenters. The van der Waals surface area contributed by atoms with Gasteiger partial charge in [0.2, 0.25) is 0 Å². The third-order valence-corrected chi connectivity index (χ3v) is 12.0. The molecule has 8 nitrogen and oxygen atoms in total. The van der Waals surface area contributed by atoms with Gasteiger partial charge in [0.25, 0.3) is 0 Å². The molecule has 0 fully saturated rings. The molecule has 1 N–H and O–H groups in total. The largest absolute Gasteiger partial charge is 0.324 e. The summed E-state index contributed by atoms with van der Waals surface area (Å²) < 4.78 is 1.86. The summed E-state index contributed by atoms with van der Waals surface area (Å²) >= 11 is 53.6. The standard InChI is InChI=1S/C33H12Cl8N8/c1-49-32-12-8-4-5-9-13(12)33(49)48-31-17-16(20(36)24(40)25(41)21(17)37)30(46-31)45-29-15-14(18(34)22(38)23(39)19(15)35)28(44-29)43-26-10-6-2-3-7-11(10)27(42-26)47-32/h2-9H,1H3,(H,42,43,44,45,46,47,48). The van der Waals surface area contributed by atoms with E-state index in [9.17, 15) is 0 Å². The summed E-state index contributed by atoms with van der Waals surface area (Å²) in [6, 6.07) is 15.4. The van der Waals surface area contributed by atoms with Crippen molar-refractivity contribution < 1.29 is 0 Å². The zero-order chi connectivity index (χ0) is 34.0. The van der Waals surface area contributed by atoms with Crippen molar-refractivity contribution in [1.82, 2.24) is 39.5 Å². The van der Waals surface area contributed by atoms with Crippen LogP contribution in [0.4, 0.5) is 0 Å². The van der Waals surface area contributed by atoms with Gasteiger partial charge in [-0.3, -0.25) is 0 Å². The molecule has 0 amide bonds. The van der Waals surface area contributed by atoms with E-state index in [1.54, 1.807) is 0 Å². The summed E-state index contributed by atoms with van der Waals surface area (Å²) in [5, 5.41) is 2.85. The van der Waals surface area contributed by atoms with Gasteiger partial charge < -0.3 is 9.55 Å². The molecule has 0 radical (unpaired) electrons. The monoisotopic (exact) mass is 800 g/mol. The average Bonchev–Trinajstić information content (AvgIpc) is 3.82. The number of fused-ring (bicyclic) bond motifs is 20. The van der Waals surface area contributed by atoms with Gasteiger partial charge in [0.05, 0.1) is 62.1 Å². The van der Waals surface area contributed by atoms with E-state index in [4.69, 9.17) is 123 Å². The number of nitrogens with zero attached hydrogens (tertiary/aromatic N) is 7. The van der Waals surface area contributed by atoms with Crippen molar-refractivity contribution in [2.45, 2.75) is 0 Å². The molecule has 0 saturated heterocycles. The Balaban J connectivity index is 1.58. The summed E-state index contributed by atoms with van der Waals surface area (Å²) in [7, 11) is 1.86. The zero-order valence-electron chi connectivity index (χ0n) is 24.3. The van der Waals surface area contributed by atoms with E-state index in [1.165, 1.54) is 0 Å². The number of benzene rings is 4. The molecule has 0 unspecified atom stereocenters. The van der Waals surface area contributed by atoms with Gasteiger partial charge in [-0.15, -0.1) is 0 Å². The second kappa shape index (κ2) is 11.3. The molecule has 49 heavy (non-hydrogen) atoms. The van der Waals surface area contributed by atoms with Crippen LogP contribution in [-0.4, -0.2) is 39.5 Å². The van der Waals surface area contributed by atoms with Crippen LogP contribution in [0.3, 0.4) is 0 Å². The highest BCUT2D eigenvalue weighted by Crippen LogP contribution is 2.52. The van der Waals surface area contributed by atoms with E-state index in [0.717, 1.165) is 21.9 Å². The maximum absolute atomic E-state index is 6.85. The maximum Gasteiger partial charge on any atom is 0.166 e. The molecule has 8 bridgehead atoms. The van der Waals surface area contributed by atoms with E-state index < -0.39 is 0 Å². The number of nitrogens with one attached hydrogen (secondary N) is 1. The second-order valence-electron chi connectivity index (χ2n) is 11.1. The Labute approximate surface area is 315 Å². The average molecular weight is 804 g/mol. The first-order chi connectivity index (χ1) is 23.5. The van der Waals surface area contributed by atoms with Crippen molar-refractivity contribution in [3.05, 3.63) is 88.7 Å². The highest BCUT2D eigenvalue weighted by molar-refractivity contribution is 6.57. The fourth-order valence-corrected chi connectivity index (χ4v) is 8.24. The second-order valence-corrected chi connectivity index (χ2v) is 14.1. The molecule has 2 aliphatic rings. The topological polar surface area (TPSA) is 98.1 Å². The zero-order valence-corrected chi connectivity index (χ0v) is 30.3. The highest BCUT2D eigenvalue weighted by Gasteiger charge is 2.31. The number of hydrogen-bond acceptors (Lipinski definition) is 6. The van der Waals surface area contributed by atoms with E-state index in [0.29, 0.717) is 44.8 Å². The smallest absolute Gasteiger partial charge is 0.166 e. The van der Waals surface area contributed by atoms with Crippen molar-refractivity contribution >= 4 is 137 Å². The fraction of sp³-hybridized carbons (Fsp3) is 0.0303. The van der Waals surface area contributed by atoms with Gasteiger partial charge in [0.15, 0.2) is 23.3 Å². The van der Waals surface area contributed by atoms with Gasteiger partial charge in [-0.2, -0.15) is 0 Å². The maximum atomic E-state index is 6.85. The molecular weight excluding hydrogens is 792 g/mol. The lowest BCUT2D eigenvalue weighted by atomic mass is 10.1. The van der Waals surface area contributed by atoms with Crippen LogP contribution in [0.5, 0.6) is 0 Å². The molecule has 4 aromatic carbocycles. The molecule has 16 heteroatoms. The first-order valence-corrected chi connectivity index (χ1v) is 17.3. The number of rotatable bonds is 0. The lowest BCUT2D eigenvalue weighted by Crippen LogP contribution is -1.93. The summed E-state index contributed by atoms with van der Waals surface area (Å²) in [6.07, 6.45) is 0. The summed E-state index contributed by atoms with van der Waals surface area (Å²) in [5.41, 5.74) is 3.78. The number of hydrogen-bond donors (Lipinski definition) is 1. The van der Waals surface area contributed by atoms with Gasteiger partial charge in [-0.25, -0.2) is 29.9 Å². The fourth-order valence-electron chi connectivity index (χ4n) is 6.19. The van der Waals surface area contributed by atoms with Gasteiger partial charge in [-0.05, 0) is 0 Å². The van der Waals surface area contributed by atoms with E-state index >= 15 is 0 Å². The van der Waals surface area contributed by atoms with Gasteiger partial charge in [0.1, 0.15) is 22.6 Å². The number of aryl methyl sites for hydroxylation is 1. The highest BCUT2D eigenvalue weighted by atomic mass is 35.5. The lowest BCUT2D eigenvalue weighted by Gasteiger charge is -2.09. The van der Waals surface area contributed by atoms with Crippen LogP contribution < -0.4 is 0 Å². The van der Waals surface area contributed by atoms with Gasteiger partial charge in [0, 0.05) is 28.9 Å².